The van der Waals surface area contributed by atoms with Crippen LogP contribution in [0.4, 0.5) is 0 Å². The van der Waals surface area contributed by atoms with Gasteiger partial charge in [-0.1, -0.05) is 50.2 Å². The molecule has 0 aromatic heterocycles. The number of hydrogen-bond donors (Lipinski definition) is 1. The summed E-state index contributed by atoms with van der Waals surface area (Å²) in [6, 6.07) is 15.1. The molecule has 1 unspecified atom stereocenters. The summed E-state index contributed by atoms with van der Waals surface area (Å²) < 4.78 is 32.1. The summed E-state index contributed by atoms with van der Waals surface area (Å²) in [5, 5.41) is 3.04. The number of ether oxygens (including phenoxy) is 1. The Kier molecular flexibility index (Phi) is 7.86. The smallest absolute Gasteiger partial charge is 0.243 e. The van der Waals surface area contributed by atoms with Crippen molar-refractivity contribution >= 4 is 15.9 Å². The fourth-order valence-electron chi connectivity index (χ4n) is 3.59. The van der Waals surface area contributed by atoms with Gasteiger partial charge >= 0.3 is 0 Å². The van der Waals surface area contributed by atoms with Crippen molar-refractivity contribution in [1.29, 1.82) is 0 Å². The van der Waals surface area contributed by atoms with E-state index in [0.29, 0.717) is 45.1 Å². The Hall–Kier alpha value is -2.22. The third-order valence-corrected chi connectivity index (χ3v) is 7.57. The Morgan fingerprint density at radius 1 is 0.968 bits per heavy atom. The summed E-state index contributed by atoms with van der Waals surface area (Å²) in [5.74, 6) is 0.458. The molecule has 168 valence electrons. The summed E-state index contributed by atoms with van der Waals surface area (Å²) >= 11 is 0. The van der Waals surface area contributed by atoms with Crippen LogP contribution in [-0.4, -0.2) is 44.9 Å². The molecule has 0 saturated carbocycles. The number of sulfonamides is 1. The maximum atomic E-state index is 12.7. The van der Waals surface area contributed by atoms with Crippen LogP contribution in [0.2, 0.25) is 0 Å². The molecule has 1 N–H and O–H groups in total. The van der Waals surface area contributed by atoms with Gasteiger partial charge in [-0.25, -0.2) is 8.42 Å². The highest BCUT2D eigenvalue weighted by atomic mass is 32.2. The average molecular weight is 445 g/mol. The number of nitrogens with one attached hydrogen (secondary N) is 1. The minimum Gasteiger partial charge on any atom is -0.379 e. The van der Waals surface area contributed by atoms with Crippen molar-refractivity contribution < 1.29 is 17.9 Å². The maximum absolute atomic E-state index is 12.7. The molecule has 0 aliphatic carbocycles. The fourth-order valence-corrected chi connectivity index (χ4v) is 5.00. The van der Waals surface area contributed by atoms with Crippen LogP contribution in [0.25, 0.3) is 0 Å². The van der Waals surface area contributed by atoms with Crippen molar-refractivity contribution in [2.45, 2.75) is 50.5 Å². The van der Waals surface area contributed by atoms with Crippen molar-refractivity contribution in [2.75, 3.05) is 26.3 Å². The van der Waals surface area contributed by atoms with Crippen molar-refractivity contribution in [2.24, 2.45) is 0 Å². The monoisotopic (exact) mass is 444 g/mol. The fraction of sp³-hybridized carbons (Fsp3) is 0.458. The van der Waals surface area contributed by atoms with E-state index < -0.39 is 10.0 Å². The van der Waals surface area contributed by atoms with Gasteiger partial charge in [0.15, 0.2) is 0 Å². The van der Waals surface area contributed by atoms with Gasteiger partial charge in [0.1, 0.15) is 0 Å². The molecule has 7 heteroatoms. The highest BCUT2D eigenvalue weighted by Gasteiger charge is 2.26. The van der Waals surface area contributed by atoms with Crippen LogP contribution in [0.5, 0.6) is 0 Å². The molecule has 3 rings (SSSR count). The molecule has 1 saturated heterocycles. The minimum atomic E-state index is -3.49. The van der Waals surface area contributed by atoms with Gasteiger partial charge in [-0.3, -0.25) is 4.79 Å². The summed E-state index contributed by atoms with van der Waals surface area (Å²) in [7, 11) is -3.49. The van der Waals surface area contributed by atoms with Gasteiger partial charge < -0.3 is 10.1 Å². The summed E-state index contributed by atoms with van der Waals surface area (Å²) in [6.45, 7) is 7.90. The number of carbonyl (C=O) groups excluding carboxylic acids is 1. The van der Waals surface area contributed by atoms with Crippen LogP contribution in [0.15, 0.2) is 53.4 Å². The Labute approximate surface area is 185 Å². The first-order chi connectivity index (χ1) is 14.8. The Balaban J connectivity index is 1.52. The highest BCUT2D eigenvalue weighted by molar-refractivity contribution is 7.89. The number of nitrogens with zero attached hydrogens (tertiary/aromatic N) is 1. The second-order valence-corrected chi connectivity index (χ2v) is 10.2. The Morgan fingerprint density at radius 2 is 1.55 bits per heavy atom. The zero-order chi connectivity index (χ0) is 22.4. The zero-order valence-corrected chi connectivity index (χ0v) is 19.3. The quantitative estimate of drug-likeness (QED) is 0.674. The van der Waals surface area contributed by atoms with Gasteiger partial charge in [-0.15, -0.1) is 0 Å². The average Bonchev–Trinajstić information content (AvgIpc) is 2.78. The third kappa shape index (κ3) is 6.15. The number of carbonyl (C=O) groups is 1. The molecule has 1 heterocycles. The van der Waals surface area contributed by atoms with Crippen LogP contribution >= 0.6 is 0 Å². The zero-order valence-electron chi connectivity index (χ0n) is 18.5. The number of morpholine rings is 1. The minimum absolute atomic E-state index is 0.0227. The molecular formula is C24H32N2O4S. The first kappa shape index (κ1) is 23.4. The molecule has 0 radical (unpaired) electrons. The lowest BCUT2D eigenvalue weighted by Gasteiger charge is -2.26. The maximum Gasteiger partial charge on any atom is 0.243 e. The molecule has 0 bridgehead atoms. The normalized spacial score (nSPS) is 16.3. The lowest BCUT2D eigenvalue weighted by atomic mass is 9.99. The number of rotatable bonds is 8. The number of hydrogen-bond acceptors (Lipinski definition) is 4. The van der Waals surface area contributed by atoms with Gasteiger partial charge in [-0.2, -0.15) is 4.31 Å². The standard InChI is InChI=1S/C24H32N2O4S/c1-18(2)21-7-9-22(10-8-21)19(3)25-24(27)13-6-20-4-11-23(12-5-20)31(28,29)26-14-16-30-17-15-26/h4-5,7-12,18-19H,6,13-17H2,1-3H3,(H,25,27). The second kappa shape index (κ2) is 10.4. The molecule has 31 heavy (non-hydrogen) atoms. The van der Waals surface area contributed by atoms with E-state index >= 15 is 0 Å². The van der Waals surface area contributed by atoms with Gasteiger partial charge in [0, 0.05) is 19.5 Å². The van der Waals surface area contributed by atoms with E-state index in [9.17, 15) is 13.2 Å². The highest BCUT2D eigenvalue weighted by Crippen LogP contribution is 2.20. The molecule has 0 spiro atoms. The molecule has 1 aliphatic rings. The van der Waals surface area contributed by atoms with E-state index in [2.05, 4.69) is 43.4 Å². The molecule has 1 aliphatic heterocycles. The summed E-state index contributed by atoms with van der Waals surface area (Å²) in [5.41, 5.74) is 3.29. The van der Waals surface area contributed by atoms with Crippen LogP contribution in [0, 0.1) is 0 Å². The summed E-state index contributed by atoms with van der Waals surface area (Å²) in [4.78, 5) is 12.7. The number of aryl methyl sites for hydroxylation is 1. The van der Waals surface area contributed by atoms with E-state index in [1.165, 1.54) is 9.87 Å². The van der Waals surface area contributed by atoms with Gasteiger partial charge in [0.25, 0.3) is 0 Å². The largest absolute Gasteiger partial charge is 0.379 e. The van der Waals surface area contributed by atoms with E-state index in [4.69, 9.17) is 4.74 Å². The topological polar surface area (TPSA) is 75.7 Å². The molecule has 1 fully saturated rings. The first-order valence-corrected chi connectivity index (χ1v) is 12.3. The van der Waals surface area contributed by atoms with Crippen molar-refractivity contribution in [3.8, 4) is 0 Å². The van der Waals surface area contributed by atoms with Gasteiger partial charge in [-0.05, 0) is 48.1 Å². The number of benzene rings is 2. The van der Waals surface area contributed by atoms with E-state index in [0.717, 1.165) is 11.1 Å². The first-order valence-electron chi connectivity index (χ1n) is 10.8. The van der Waals surface area contributed by atoms with E-state index in [1.54, 1.807) is 24.3 Å². The predicted molar refractivity (Wildman–Crippen MR) is 121 cm³/mol. The molecular weight excluding hydrogens is 412 g/mol. The Bertz CT molecular complexity index is 964. The molecule has 2 aromatic rings. The van der Waals surface area contributed by atoms with Crippen LogP contribution in [-0.2, 0) is 26.0 Å². The molecule has 6 nitrogen and oxygen atoms in total. The Morgan fingerprint density at radius 3 is 2.13 bits per heavy atom. The summed E-state index contributed by atoms with van der Waals surface area (Å²) in [6.07, 6.45) is 0.909. The molecule has 1 amide bonds. The van der Waals surface area contributed by atoms with Crippen LogP contribution in [0.1, 0.15) is 55.8 Å². The van der Waals surface area contributed by atoms with Crippen molar-refractivity contribution in [3.05, 3.63) is 65.2 Å². The SMILES string of the molecule is CC(C)c1ccc(C(C)NC(=O)CCc2ccc(S(=O)(=O)N3CCOCC3)cc2)cc1. The second-order valence-electron chi connectivity index (χ2n) is 8.27. The lowest BCUT2D eigenvalue weighted by molar-refractivity contribution is -0.121. The molecule has 1 atom stereocenters. The van der Waals surface area contributed by atoms with Crippen LogP contribution in [0.3, 0.4) is 0 Å². The van der Waals surface area contributed by atoms with Crippen molar-refractivity contribution in [1.82, 2.24) is 9.62 Å². The number of amides is 1. The van der Waals surface area contributed by atoms with Gasteiger partial charge in [0.05, 0.1) is 24.2 Å². The molecule has 2 aromatic carbocycles. The third-order valence-electron chi connectivity index (χ3n) is 5.65. The van der Waals surface area contributed by atoms with Gasteiger partial charge in [0.2, 0.25) is 15.9 Å². The van der Waals surface area contributed by atoms with E-state index in [-0.39, 0.29) is 16.8 Å². The predicted octanol–water partition coefficient (Wildman–Crippen LogP) is 3.64. The van der Waals surface area contributed by atoms with Crippen LogP contribution < -0.4 is 5.32 Å². The lowest BCUT2D eigenvalue weighted by Crippen LogP contribution is -2.40. The van der Waals surface area contributed by atoms with Crippen molar-refractivity contribution in [3.63, 3.8) is 0 Å². The van der Waals surface area contributed by atoms with E-state index in [1.807, 2.05) is 6.92 Å².